The summed E-state index contributed by atoms with van der Waals surface area (Å²) in [5, 5.41) is 3.04. The summed E-state index contributed by atoms with van der Waals surface area (Å²) in [7, 11) is -2.69. The van der Waals surface area contributed by atoms with Gasteiger partial charge in [-0.1, -0.05) is 43.7 Å². The number of aryl methyl sites for hydroxylation is 1. The van der Waals surface area contributed by atoms with E-state index in [1.54, 1.807) is 0 Å². The van der Waals surface area contributed by atoms with Crippen LogP contribution in [-0.2, 0) is 25.7 Å². The number of hydrogen-bond acceptors (Lipinski definition) is 6. The van der Waals surface area contributed by atoms with Crippen molar-refractivity contribution in [2.75, 3.05) is 19.0 Å². The van der Waals surface area contributed by atoms with Crippen molar-refractivity contribution in [1.82, 2.24) is 9.71 Å². The van der Waals surface area contributed by atoms with Crippen LogP contribution < -0.4 is 10.0 Å². The lowest BCUT2D eigenvalue weighted by atomic mass is 10.0. The molecular formula is C17H23N3O4S2. The van der Waals surface area contributed by atoms with Crippen molar-refractivity contribution < 1.29 is 17.4 Å². The van der Waals surface area contributed by atoms with Gasteiger partial charge in [0.2, 0.25) is 0 Å². The highest BCUT2D eigenvalue weighted by Gasteiger charge is 2.17. The van der Waals surface area contributed by atoms with Crippen LogP contribution in [0.15, 0.2) is 24.3 Å². The summed E-state index contributed by atoms with van der Waals surface area (Å²) in [6.45, 7) is 5.52. The number of rotatable bonds is 8. The first-order valence-electron chi connectivity index (χ1n) is 8.13. The molecule has 0 aliphatic carbocycles. The Labute approximate surface area is 158 Å². The quantitative estimate of drug-likeness (QED) is 0.713. The highest BCUT2D eigenvalue weighted by Crippen LogP contribution is 2.30. The van der Waals surface area contributed by atoms with Crippen LogP contribution in [-0.4, -0.2) is 33.0 Å². The number of aromatic nitrogens is 1. The van der Waals surface area contributed by atoms with Gasteiger partial charge < -0.3 is 0 Å². The first-order valence-corrected chi connectivity index (χ1v) is 10.4. The van der Waals surface area contributed by atoms with Gasteiger partial charge in [0.1, 0.15) is 6.61 Å². The number of carbonyl (C=O) groups is 1. The van der Waals surface area contributed by atoms with E-state index in [2.05, 4.69) is 38.7 Å². The van der Waals surface area contributed by atoms with Crippen LogP contribution in [0.5, 0.6) is 0 Å². The van der Waals surface area contributed by atoms with Gasteiger partial charge in [0, 0.05) is 18.3 Å². The average Bonchev–Trinajstić information content (AvgIpc) is 2.98. The molecule has 0 spiro atoms. The van der Waals surface area contributed by atoms with Crippen LogP contribution in [0, 0.1) is 6.92 Å². The van der Waals surface area contributed by atoms with Crippen molar-refractivity contribution in [1.29, 1.82) is 0 Å². The zero-order chi connectivity index (χ0) is 19.3. The first kappa shape index (κ1) is 20.5. The Morgan fingerprint density at radius 3 is 2.50 bits per heavy atom. The fourth-order valence-electron chi connectivity index (χ4n) is 2.23. The molecule has 2 rings (SSSR count). The topological polar surface area (TPSA) is 97.4 Å². The van der Waals surface area contributed by atoms with E-state index in [0.717, 1.165) is 17.0 Å². The zero-order valence-corrected chi connectivity index (χ0v) is 16.8. The number of anilines is 1. The highest BCUT2D eigenvalue weighted by molar-refractivity contribution is 7.84. The number of thiazole rings is 1. The molecule has 26 heavy (non-hydrogen) atoms. The molecule has 7 nitrogen and oxygen atoms in total. The largest absolute Gasteiger partial charge is 0.336 e. The lowest BCUT2D eigenvalue weighted by Crippen LogP contribution is -2.27. The third kappa shape index (κ3) is 5.87. The second-order valence-electron chi connectivity index (χ2n) is 6.11. The average molecular weight is 398 g/mol. The lowest BCUT2D eigenvalue weighted by molar-refractivity contribution is -0.118. The molecule has 1 heterocycles. The molecule has 142 valence electrons. The first-order chi connectivity index (χ1) is 12.2. The fourth-order valence-corrected chi connectivity index (χ4v) is 3.78. The minimum atomic E-state index is -3.90. The molecule has 0 saturated heterocycles. The summed E-state index contributed by atoms with van der Waals surface area (Å²) in [6, 6.07) is 8.28. The number of carbonyl (C=O) groups excluding carboxylic acids is 1. The van der Waals surface area contributed by atoms with Gasteiger partial charge in [-0.15, -0.1) is 11.3 Å². The van der Waals surface area contributed by atoms with Crippen molar-refractivity contribution >= 4 is 32.7 Å². The molecule has 0 bridgehead atoms. The van der Waals surface area contributed by atoms with E-state index in [1.165, 1.54) is 29.5 Å². The molecule has 2 aromatic rings. The fraction of sp³-hybridized carbons (Fsp3) is 0.412. The molecule has 0 fully saturated rings. The van der Waals surface area contributed by atoms with Crippen molar-refractivity contribution in [2.24, 2.45) is 0 Å². The Kier molecular flexibility index (Phi) is 6.87. The molecule has 9 heteroatoms. The van der Waals surface area contributed by atoms with Crippen LogP contribution in [0.25, 0.3) is 0 Å². The summed E-state index contributed by atoms with van der Waals surface area (Å²) in [6.07, 6.45) is 0.728. The molecule has 1 aromatic carbocycles. The number of nitrogens with one attached hydrogen (secondary N) is 2. The molecule has 0 unspecified atom stereocenters. The minimum Gasteiger partial charge on any atom is -0.300 e. The molecule has 0 aliphatic rings. The van der Waals surface area contributed by atoms with Gasteiger partial charge in [-0.3, -0.25) is 10.1 Å². The van der Waals surface area contributed by atoms with E-state index in [1.807, 2.05) is 25.5 Å². The van der Waals surface area contributed by atoms with Crippen LogP contribution in [0.3, 0.4) is 0 Å². The second-order valence-corrected chi connectivity index (χ2v) is 8.75. The van der Waals surface area contributed by atoms with E-state index >= 15 is 0 Å². The van der Waals surface area contributed by atoms with Gasteiger partial charge >= 0.3 is 10.3 Å². The van der Waals surface area contributed by atoms with Gasteiger partial charge in [-0.05, 0) is 18.4 Å². The van der Waals surface area contributed by atoms with E-state index in [9.17, 15) is 13.2 Å². The molecule has 0 aliphatic heterocycles. The Bertz CT molecular complexity index is 859. The van der Waals surface area contributed by atoms with Crippen molar-refractivity contribution in [3.8, 4) is 0 Å². The Morgan fingerprint density at radius 2 is 1.92 bits per heavy atom. The minimum absolute atomic E-state index is 0.207. The van der Waals surface area contributed by atoms with E-state index in [-0.39, 0.29) is 5.92 Å². The third-order valence-electron chi connectivity index (χ3n) is 3.60. The Balaban J connectivity index is 2.10. The van der Waals surface area contributed by atoms with Crippen LogP contribution in [0.1, 0.15) is 41.5 Å². The van der Waals surface area contributed by atoms with Crippen LogP contribution in [0.4, 0.5) is 5.13 Å². The smallest absolute Gasteiger partial charge is 0.300 e. The molecule has 0 atom stereocenters. The van der Waals surface area contributed by atoms with Crippen molar-refractivity contribution in [3.63, 3.8) is 0 Å². The number of benzene rings is 1. The number of nitrogens with zero attached hydrogens (tertiary/aromatic N) is 1. The Hall–Kier alpha value is -1.81. The maximum atomic E-state index is 11.9. The molecule has 0 saturated carbocycles. The summed E-state index contributed by atoms with van der Waals surface area (Å²) < 4.78 is 28.9. The second kappa shape index (κ2) is 8.72. The standard InChI is InChI=1S/C17H23N3O4S2/c1-11(2)16-14(9-13-7-5-12(3)6-8-13)25-17(20-16)19-15(21)10-24-26(22,23)18-4/h5-8,11,18H,9-10H2,1-4H3,(H,19,20,21). The van der Waals surface area contributed by atoms with Crippen LogP contribution in [0.2, 0.25) is 0 Å². The maximum Gasteiger partial charge on any atom is 0.336 e. The summed E-state index contributed by atoms with van der Waals surface area (Å²) in [5.41, 5.74) is 3.30. The van der Waals surface area contributed by atoms with Crippen molar-refractivity contribution in [3.05, 3.63) is 46.0 Å². The van der Waals surface area contributed by atoms with E-state index in [0.29, 0.717) is 5.13 Å². The van der Waals surface area contributed by atoms with E-state index < -0.39 is 22.8 Å². The van der Waals surface area contributed by atoms with Gasteiger partial charge in [0.05, 0.1) is 5.69 Å². The number of hydrogen-bond donors (Lipinski definition) is 2. The maximum absolute atomic E-state index is 11.9. The summed E-state index contributed by atoms with van der Waals surface area (Å²) in [5.74, 6) is -0.368. The van der Waals surface area contributed by atoms with E-state index in [4.69, 9.17) is 0 Å². The zero-order valence-electron chi connectivity index (χ0n) is 15.2. The molecule has 0 radical (unpaired) electrons. The predicted octanol–water partition coefficient (Wildman–Crippen LogP) is 2.59. The molecule has 2 N–H and O–H groups in total. The van der Waals surface area contributed by atoms with Crippen LogP contribution >= 0.6 is 11.3 Å². The van der Waals surface area contributed by atoms with Crippen molar-refractivity contribution in [2.45, 2.75) is 33.1 Å². The highest BCUT2D eigenvalue weighted by atomic mass is 32.2. The predicted molar refractivity (Wildman–Crippen MR) is 103 cm³/mol. The van der Waals surface area contributed by atoms with Gasteiger partial charge in [-0.25, -0.2) is 9.17 Å². The van der Waals surface area contributed by atoms with Gasteiger partial charge in [0.25, 0.3) is 5.91 Å². The third-order valence-corrected chi connectivity index (χ3v) is 5.52. The SMILES string of the molecule is CNS(=O)(=O)OCC(=O)Nc1nc(C(C)C)c(Cc2ccc(C)cc2)s1. The Morgan fingerprint density at radius 1 is 1.27 bits per heavy atom. The monoisotopic (exact) mass is 397 g/mol. The molecule has 1 aromatic heterocycles. The number of amides is 1. The molecule has 1 amide bonds. The summed E-state index contributed by atoms with van der Waals surface area (Å²) in [4.78, 5) is 17.5. The van der Waals surface area contributed by atoms with Gasteiger partial charge in [-0.2, -0.15) is 13.1 Å². The lowest BCUT2D eigenvalue weighted by Gasteiger charge is -2.05. The van der Waals surface area contributed by atoms with Gasteiger partial charge in [0.15, 0.2) is 5.13 Å². The summed E-state index contributed by atoms with van der Waals surface area (Å²) >= 11 is 1.39. The molecular weight excluding hydrogens is 374 g/mol. The normalized spacial score (nSPS) is 11.7.